The van der Waals surface area contributed by atoms with Crippen LogP contribution in [0.15, 0.2) is 18.6 Å². The van der Waals surface area contributed by atoms with Gasteiger partial charge in [0.2, 0.25) is 0 Å². The normalized spacial score (nSPS) is 15.0. The first-order valence-electron chi connectivity index (χ1n) is 6.61. The van der Waals surface area contributed by atoms with Crippen LogP contribution in [0.2, 0.25) is 0 Å². The van der Waals surface area contributed by atoms with E-state index in [-0.39, 0.29) is 0 Å². The van der Waals surface area contributed by atoms with Gasteiger partial charge in [-0.1, -0.05) is 6.92 Å². The van der Waals surface area contributed by atoms with Crippen LogP contribution >= 0.6 is 0 Å². The Hall–Kier alpha value is -1.78. The molecule has 0 radical (unpaired) electrons. The van der Waals surface area contributed by atoms with Crippen molar-refractivity contribution in [1.29, 1.82) is 0 Å². The lowest BCUT2D eigenvalue weighted by Crippen LogP contribution is -2.28. The third-order valence-electron chi connectivity index (χ3n) is 3.34. The minimum absolute atomic E-state index is 0.657. The Kier molecular flexibility index (Phi) is 2.81. The van der Waals surface area contributed by atoms with Crippen molar-refractivity contribution in [2.24, 2.45) is 0 Å². The van der Waals surface area contributed by atoms with E-state index < -0.39 is 0 Å². The topological polar surface area (TPSA) is 45.5 Å². The van der Waals surface area contributed by atoms with E-state index in [1.54, 1.807) is 0 Å². The van der Waals surface area contributed by atoms with E-state index in [4.69, 9.17) is 4.98 Å². The fourth-order valence-electron chi connectivity index (χ4n) is 2.32. The highest BCUT2D eigenvalue weighted by Gasteiger charge is 2.31. The quantitative estimate of drug-likeness (QED) is 0.876. The summed E-state index contributed by atoms with van der Waals surface area (Å²) in [4.78, 5) is 11.5. The van der Waals surface area contributed by atoms with Crippen LogP contribution in [0, 0.1) is 0 Å². The summed E-state index contributed by atoms with van der Waals surface area (Å²) in [5.74, 6) is 1.90. The second-order valence-corrected chi connectivity index (χ2v) is 4.78. The molecular weight excluding hydrogens is 226 g/mol. The maximum atomic E-state index is 4.70. The van der Waals surface area contributed by atoms with Gasteiger partial charge in [-0.25, -0.2) is 9.97 Å². The number of nitrogens with zero attached hydrogens (tertiary/aromatic N) is 4. The fraction of sp³-hybridized carbons (Fsp3) is 0.538. The first-order valence-corrected chi connectivity index (χ1v) is 6.61. The molecule has 0 aromatic carbocycles. The summed E-state index contributed by atoms with van der Waals surface area (Å²) in [6, 6.07) is 0.657. The van der Waals surface area contributed by atoms with Crippen LogP contribution in [0.4, 0.5) is 11.6 Å². The van der Waals surface area contributed by atoms with Crippen LogP contribution in [0.1, 0.15) is 26.2 Å². The van der Waals surface area contributed by atoms with Gasteiger partial charge in [0.05, 0.1) is 6.20 Å². The Labute approximate surface area is 107 Å². The van der Waals surface area contributed by atoms with Crippen molar-refractivity contribution in [2.75, 3.05) is 23.8 Å². The molecule has 2 aromatic rings. The van der Waals surface area contributed by atoms with Crippen LogP contribution in [0.5, 0.6) is 0 Å². The molecule has 3 rings (SSSR count). The van der Waals surface area contributed by atoms with Crippen molar-refractivity contribution < 1.29 is 0 Å². The number of fused-ring (bicyclic) bond motifs is 1. The van der Waals surface area contributed by atoms with Crippen molar-refractivity contribution in [2.45, 2.75) is 32.2 Å². The minimum Gasteiger partial charge on any atom is -0.372 e. The van der Waals surface area contributed by atoms with Crippen molar-refractivity contribution in [3.05, 3.63) is 18.6 Å². The van der Waals surface area contributed by atoms with Gasteiger partial charge in [-0.3, -0.25) is 0 Å². The van der Waals surface area contributed by atoms with Crippen molar-refractivity contribution in [1.82, 2.24) is 14.4 Å². The summed E-state index contributed by atoms with van der Waals surface area (Å²) < 4.78 is 2.04. The number of aromatic nitrogens is 3. The third-order valence-corrected chi connectivity index (χ3v) is 3.34. The molecule has 2 heterocycles. The largest absolute Gasteiger partial charge is 0.372 e. The summed E-state index contributed by atoms with van der Waals surface area (Å²) in [6.45, 7) is 3.26. The number of hydrogen-bond acceptors (Lipinski definition) is 4. The molecule has 1 N–H and O–H groups in total. The van der Waals surface area contributed by atoms with E-state index in [0.717, 1.165) is 30.2 Å². The van der Waals surface area contributed by atoms with Gasteiger partial charge < -0.3 is 14.6 Å². The Morgan fingerprint density at radius 1 is 1.50 bits per heavy atom. The van der Waals surface area contributed by atoms with E-state index in [9.17, 15) is 0 Å². The van der Waals surface area contributed by atoms with Crippen LogP contribution < -0.4 is 10.2 Å². The summed E-state index contributed by atoms with van der Waals surface area (Å²) in [6.07, 6.45) is 9.46. The van der Waals surface area contributed by atoms with Gasteiger partial charge in [0.1, 0.15) is 5.82 Å². The van der Waals surface area contributed by atoms with Crippen LogP contribution in [0.25, 0.3) is 5.65 Å². The molecule has 1 saturated carbocycles. The second kappa shape index (κ2) is 4.48. The van der Waals surface area contributed by atoms with Crippen LogP contribution in [0.3, 0.4) is 0 Å². The lowest BCUT2D eigenvalue weighted by atomic mass is 10.3. The highest BCUT2D eigenvalue weighted by Crippen LogP contribution is 2.33. The average Bonchev–Trinajstić information content (AvgIpc) is 3.12. The monoisotopic (exact) mass is 245 g/mol. The standard InChI is InChI=1S/C13H19N5/c1-3-7-18(10-4-5-10)13-12-15-6-8-17(12)9-11(14-2)16-13/h6,8-10,14H,3-5,7H2,1-2H3. The number of imidazole rings is 1. The molecule has 96 valence electrons. The highest BCUT2D eigenvalue weighted by molar-refractivity contribution is 5.67. The first-order chi connectivity index (χ1) is 8.83. The van der Waals surface area contributed by atoms with Crippen LogP contribution in [-0.2, 0) is 0 Å². The van der Waals surface area contributed by atoms with Gasteiger partial charge in [-0.2, -0.15) is 0 Å². The number of rotatable bonds is 5. The van der Waals surface area contributed by atoms with E-state index >= 15 is 0 Å². The molecule has 5 heteroatoms. The molecule has 5 nitrogen and oxygen atoms in total. The fourth-order valence-corrected chi connectivity index (χ4v) is 2.32. The summed E-state index contributed by atoms with van der Waals surface area (Å²) in [5.41, 5.74) is 0.953. The van der Waals surface area contributed by atoms with Crippen molar-refractivity contribution in [3.8, 4) is 0 Å². The van der Waals surface area contributed by atoms with Gasteiger partial charge in [-0.15, -0.1) is 0 Å². The number of nitrogens with one attached hydrogen (secondary N) is 1. The molecule has 0 spiro atoms. The molecule has 0 atom stereocenters. The number of anilines is 2. The highest BCUT2D eigenvalue weighted by atomic mass is 15.3. The maximum Gasteiger partial charge on any atom is 0.180 e. The Morgan fingerprint density at radius 3 is 3.00 bits per heavy atom. The zero-order valence-electron chi connectivity index (χ0n) is 10.9. The van der Waals surface area contributed by atoms with Gasteiger partial charge in [0.25, 0.3) is 0 Å². The smallest absolute Gasteiger partial charge is 0.180 e. The third kappa shape index (κ3) is 1.89. The van der Waals surface area contributed by atoms with Gasteiger partial charge in [0.15, 0.2) is 11.5 Å². The summed E-state index contributed by atoms with van der Waals surface area (Å²) in [5, 5.41) is 3.12. The number of hydrogen-bond donors (Lipinski definition) is 1. The molecule has 0 aliphatic heterocycles. The minimum atomic E-state index is 0.657. The molecule has 2 aromatic heterocycles. The van der Waals surface area contributed by atoms with Gasteiger partial charge in [0, 0.05) is 32.0 Å². The lowest BCUT2D eigenvalue weighted by Gasteiger charge is -2.23. The summed E-state index contributed by atoms with van der Waals surface area (Å²) >= 11 is 0. The van der Waals surface area contributed by atoms with Gasteiger partial charge in [-0.05, 0) is 19.3 Å². The Balaban J connectivity index is 2.09. The Bertz CT molecular complexity index is 543. The van der Waals surface area contributed by atoms with Crippen molar-refractivity contribution in [3.63, 3.8) is 0 Å². The SMILES string of the molecule is CCCN(c1nc(NC)cn2ccnc12)C1CC1. The van der Waals surface area contributed by atoms with E-state index in [0.29, 0.717) is 6.04 Å². The molecule has 1 fully saturated rings. The van der Waals surface area contributed by atoms with E-state index in [2.05, 4.69) is 22.1 Å². The first kappa shape index (κ1) is 11.3. The molecule has 1 aliphatic carbocycles. The summed E-state index contributed by atoms with van der Waals surface area (Å²) in [7, 11) is 1.90. The average molecular weight is 245 g/mol. The molecule has 0 amide bonds. The molecule has 0 unspecified atom stereocenters. The van der Waals surface area contributed by atoms with Gasteiger partial charge >= 0.3 is 0 Å². The second-order valence-electron chi connectivity index (χ2n) is 4.78. The zero-order chi connectivity index (χ0) is 12.5. The van der Waals surface area contributed by atoms with Crippen LogP contribution in [-0.4, -0.2) is 34.0 Å². The van der Waals surface area contributed by atoms with E-state index in [1.165, 1.54) is 12.8 Å². The molecule has 18 heavy (non-hydrogen) atoms. The predicted molar refractivity (Wildman–Crippen MR) is 73.2 cm³/mol. The molecular formula is C13H19N5. The Morgan fingerprint density at radius 2 is 2.33 bits per heavy atom. The molecule has 0 saturated heterocycles. The lowest BCUT2D eigenvalue weighted by molar-refractivity contribution is 0.750. The van der Waals surface area contributed by atoms with Crippen molar-refractivity contribution >= 4 is 17.3 Å². The molecule has 1 aliphatic rings. The zero-order valence-corrected chi connectivity index (χ0v) is 10.9. The predicted octanol–water partition coefficient (Wildman–Crippen LogP) is 2.15. The maximum absolute atomic E-state index is 4.70. The molecule has 0 bridgehead atoms. The van der Waals surface area contributed by atoms with E-state index in [1.807, 2.05) is 30.0 Å².